The monoisotopic (exact) mass is 372 g/mol. The van der Waals surface area contributed by atoms with E-state index in [1.54, 1.807) is 12.1 Å². The molecule has 0 heterocycles. The van der Waals surface area contributed by atoms with E-state index < -0.39 is 0 Å². The van der Waals surface area contributed by atoms with Gasteiger partial charge in [-0.3, -0.25) is 4.79 Å². The van der Waals surface area contributed by atoms with Crippen LogP contribution in [0.4, 0.5) is 11.4 Å². The van der Waals surface area contributed by atoms with Crippen LogP contribution < -0.4 is 11.1 Å². The van der Waals surface area contributed by atoms with Crippen LogP contribution in [-0.4, -0.2) is 5.91 Å². The zero-order valence-electron chi connectivity index (χ0n) is 9.75. The number of amides is 1. The molecule has 1 amide bonds. The molecule has 2 saturated carbocycles. The fraction of sp³-hybridized carbons (Fsp3) is 0.462. The minimum atomic E-state index is 0.149. The lowest BCUT2D eigenvalue weighted by Crippen LogP contribution is -2.17. The second kappa shape index (κ2) is 4.53. The molecule has 2 unspecified atom stereocenters. The Morgan fingerprint density at radius 2 is 1.78 bits per heavy atom. The van der Waals surface area contributed by atoms with Gasteiger partial charge >= 0.3 is 0 Å². The maximum Gasteiger partial charge on any atom is 0.228 e. The number of anilines is 2. The van der Waals surface area contributed by atoms with Crippen LogP contribution in [-0.2, 0) is 4.79 Å². The van der Waals surface area contributed by atoms with E-state index in [2.05, 4.69) is 37.2 Å². The maximum atomic E-state index is 12.2. The van der Waals surface area contributed by atoms with Crippen molar-refractivity contribution < 1.29 is 4.79 Å². The second-order valence-corrected chi connectivity index (χ2v) is 6.84. The molecule has 96 valence electrons. The first-order valence-corrected chi connectivity index (χ1v) is 7.72. The summed E-state index contributed by atoms with van der Waals surface area (Å²) in [4.78, 5) is 12.2. The molecule has 0 radical (unpaired) electrons. The van der Waals surface area contributed by atoms with Crippen LogP contribution in [0.15, 0.2) is 21.1 Å². The molecule has 2 aliphatic rings. The van der Waals surface area contributed by atoms with Gasteiger partial charge in [-0.2, -0.15) is 0 Å². The van der Waals surface area contributed by atoms with Crippen molar-refractivity contribution in [1.29, 1.82) is 0 Å². The molecule has 2 fully saturated rings. The first kappa shape index (κ1) is 12.5. The number of nitrogens with two attached hydrogens (primary N) is 1. The van der Waals surface area contributed by atoms with Gasteiger partial charge in [-0.25, -0.2) is 0 Å². The van der Waals surface area contributed by atoms with Gasteiger partial charge in [0.25, 0.3) is 0 Å². The van der Waals surface area contributed by atoms with E-state index >= 15 is 0 Å². The summed E-state index contributed by atoms with van der Waals surface area (Å²) >= 11 is 6.87. The number of benzene rings is 1. The number of carbonyl (C=O) groups excluding carboxylic acids is 1. The van der Waals surface area contributed by atoms with Gasteiger partial charge in [-0.05, 0) is 68.7 Å². The molecule has 1 aromatic carbocycles. The van der Waals surface area contributed by atoms with Gasteiger partial charge in [0.05, 0.1) is 5.69 Å². The predicted octanol–water partition coefficient (Wildman–Crippen LogP) is 3.78. The third-order valence-electron chi connectivity index (χ3n) is 4.02. The molecule has 0 spiro atoms. The van der Waals surface area contributed by atoms with Gasteiger partial charge in [-0.1, -0.05) is 6.42 Å². The smallest absolute Gasteiger partial charge is 0.228 e. The topological polar surface area (TPSA) is 55.1 Å². The Balaban J connectivity index is 1.75. The highest BCUT2D eigenvalue weighted by atomic mass is 79.9. The Hall–Kier alpha value is -0.550. The van der Waals surface area contributed by atoms with Gasteiger partial charge in [-0.15, -0.1) is 0 Å². The summed E-state index contributed by atoms with van der Waals surface area (Å²) in [6.45, 7) is 0. The number of nitrogen functional groups attached to an aromatic ring is 1. The van der Waals surface area contributed by atoms with Crippen LogP contribution in [0.2, 0.25) is 0 Å². The summed E-state index contributed by atoms with van der Waals surface area (Å²) in [6.07, 6.45) is 3.72. The number of nitrogens with one attached hydrogen (secondary N) is 1. The van der Waals surface area contributed by atoms with E-state index in [1.807, 2.05) is 0 Å². The van der Waals surface area contributed by atoms with E-state index in [0.29, 0.717) is 17.5 Å². The summed E-state index contributed by atoms with van der Waals surface area (Å²) in [5.41, 5.74) is 7.17. The highest BCUT2D eigenvalue weighted by Gasteiger charge is 2.56. The summed E-state index contributed by atoms with van der Waals surface area (Å²) in [7, 11) is 0. The fourth-order valence-corrected chi connectivity index (χ4v) is 4.55. The number of carbonyl (C=O) groups is 1. The van der Waals surface area contributed by atoms with E-state index in [4.69, 9.17) is 5.73 Å². The first-order valence-electron chi connectivity index (χ1n) is 6.13. The van der Waals surface area contributed by atoms with Crippen molar-refractivity contribution in [3.63, 3.8) is 0 Å². The van der Waals surface area contributed by atoms with Crippen molar-refractivity contribution in [2.45, 2.75) is 19.3 Å². The minimum absolute atomic E-state index is 0.149. The van der Waals surface area contributed by atoms with Gasteiger partial charge < -0.3 is 11.1 Å². The molecule has 5 heteroatoms. The lowest BCUT2D eigenvalue weighted by Gasteiger charge is -2.11. The molecule has 0 bridgehead atoms. The molecule has 3 N–H and O–H groups in total. The molecule has 2 aliphatic carbocycles. The molecule has 1 aromatic rings. The first-order chi connectivity index (χ1) is 8.58. The van der Waals surface area contributed by atoms with Crippen LogP contribution in [0.1, 0.15) is 19.3 Å². The quantitative estimate of drug-likeness (QED) is 0.775. The van der Waals surface area contributed by atoms with Crippen LogP contribution >= 0.6 is 31.9 Å². The standard InChI is InChI=1S/C13H14Br2N2O/c14-9-4-6(16)5-10(15)12(9)17-13(18)11-7-2-1-3-8(7)11/h4-5,7-8,11H,1-3,16H2,(H,17,18). The molecule has 18 heavy (non-hydrogen) atoms. The van der Waals surface area contributed by atoms with Crippen molar-refractivity contribution in [1.82, 2.24) is 0 Å². The average Bonchev–Trinajstić information content (AvgIpc) is 2.77. The van der Waals surface area contributed by atoms with Gasteiger partial charge in [0.2, 0.25) is 5.91 Å². The SMILES string of the molecule is Nc1cc(Br)c(NC(=O)C2C3CCCC32)c(Br)c1. The molecule has 2 atom stereocenters. The number of halogens is 2. The second-order valence-electron chi connectivity index (χ2n) is 5.13. The molecule has 3 nitrogen and oxygen atoms in total. The zero-order chi connectivity index (χ0) is 12.9. The summed E-state index contributed by atoms with van der Waals surface area (Å²) in [6, 6.07) is 3.60. The predicted molar refractivity (Wildman–Crippen MR) is 79.2 cm³/mol. The number of rotatable bonds is 2. The lowest BCUT2D eigenvalue weighted by atomic mass is 10.1. The van der Waals surface area contributed by atoms with Crippen molar-refractivity contribution in [2.75, 3.05) is 11.1 Å². The minimum Gasteiger partial charge on any atom is -0.399 e. The van der Waals surface area contributed by atoms with Crippen molar-refractivity contribution in [2.24, 2.45) is 17.8 Å². The number of fused-ring (bicyclic) bond motifs is 1. The van der Waals surface area contributed by atoms with Crippen molar-refractivity contribution in [3.8, 4) is 0 Å². The van der Waals surface area contributed by atoms with Gasteiger partial charge in [0, 0.05) is 20.6 Å². The molecule has 0 aliphatic heterocycles. The van der Waals surface area contributed by atoms with Crippen LogP contribution in [0.3, 0.4) is 0 Å². The fourth-order valence-electron chi connectivity index (χ4n) is 3.13. The largest absolute Gasteiger partial charge is 0.399 e. The van der Waals surface area contributed by atoms with Crippen molar-refractivity contribution in [3.05, 3.63) is 21.1 Å². The van der Waals surface area contributed by atoms with E-state index in [9.17, 15) is 4.79 Å². The van der Waals surface area contributed by atoms with E-state index in [0.717, 1.165) is 14.6 Å². The summed E-state index contributed by atoms with van der Waals surface area (Å²) < 4.78 is 1.63. The molecule has 3 rings (SSSR count). The normalized spacial score (nSPS) is 28.9. The average molecular weight is 374 g/mol. The van der Waals surface area contributed by atoms with E-state index in [-0.39, 0.29) is 11.8 Å². The molecular weight excluding hydrogens is 360 g/mol. The highest BCUT2D eigenvalue weighted by molar-refractivity contribution is 9.11. The summed E-state index contributed by atoms with van der Waals surface area (Å²) in [5, 5.41) is 3.01. The third-order valence-corrected chi connectivity index (χ3v) is 5.27. The Morgan fingerprint density at radius 3 is 2.33 bits per heavy atom. The Morgan fingerprint density at radius 1 is 1.22 bits per heavy atom. The Bertz CT molecular complexity index is 485. The van der Waals surface area contributed by atoms with Crippen LogP contribution in [0.25, 0.3) is 0 Å². The van der Waals surface area contributed by atoms with Crippen LogP contribution in [0, 0.1) is 17.8 Å². The molecule has 0 saturated heterocycles. The van der Waals surface area contributed by atoms with Crippen molar-refractivity contribution >= 4 is 49.1 Å². The van der Waals surface area contributed by atoms with Gasteiger partial charge in [0.1, 0.15) is 0 Å². The third kappa shape index (κ3) is 2.07. The maximum absolute atomic E-state index is 12.2. The summed E-state index contributed by atoms with van der Waals surface area (Å²) in [5.74, 6) is 1.65. The molecular formula is C13H14Br2N2O. The Labute approximate surface area is 123 Å². The zero-order valence-corrected chi connectivity index (χ0v) is 12.9. The Kier molecular flexibility index (Phi) is 3.14. The lowest BCUT2D eigenvalue weighted by molar-refractivity contribution is -0.118. The number of hydrogen-bond donors (Lipinski definition) is 2. The van der Waals surface area contributed by atoms with E-state index in [1.165, 1.54) is 19.3 Å². The number of hydrogen-bond acceptors (Lipinski definition) is 2. The van der Waals surface area contributed by atoms with Gasteiger partial charge in [0.15, 0.2) is 0 Å². The highest BCUT2D eigenvalue weighted by Crippen LogP contribution is 2.57. The van der Waals surface area contributed by atoms with Crippen LogP contribution in [0.5, 0.6) is 0 Å². The molecule has 0 aromatic heterocycles.